The van der Waals surface area contributed by atoms with Gasteiger partial charge in [-0.15, -0.1) is 11.3 Å². The Balaban J connectivity index is 1.63. The molecule has 164 valence electrons. The molecule has 0 radical (unpaired) electrons. The summed E-state index contributed by atoms with van der Waals surface area (Å²) in [6, 6.07) is 8.92. The van der Waals surface area contributed by atoms with E-state index in [1.54, 1.807) is 35.1 Å². The summed E-state index contributed by atoms with van der Waals surface area (Å²) in [7, 11) is 0. The molecule has 1 aliphatic heterocycles. The number of benzene rings is 1. The van der Waals surface area contributed by atoms with Crippen LogP contribution in [0.25, 0.3) is 16.9 Å². The minimum absolute atomic E-state index is 0.0221. The smallest absolute Gasteiger partial charge is 0.216 e. The first-order valence-corrected chi connectivity index (χ1v) is 11.6. The van der Waals surface area contributed by atoms with Crippen LogP contribution < -0.4 is 5.32 Å². The number of rotatable bonds is 6. The number of carbonyl (C=O) groups excluding carboxylic acids is 1. The molecule has 7 heteroatoms. The van der Waals surface area contributed by atoms with Crippen LogP contribution in [0.2, 0.25) is 0 Å². The Hall–Kier alpha value is -2.51. The standard InChI is InChI=1S/C24H29FN4OS/c1-16-11-21(17(2)31-16)24-20(15-29(27-24)23-9-5-4-8-22(23)25)14-28-10-6-7-19(13-28)12-26-18(3)30/h4-5,8-9,11,15,19H,6-7,10,12-14H2,1-3H3,(H,26,30)/t19-/m0/s1. The largest absolute Gasteiger partial charge is 0.356 e. The van der Waals surface area contributed by atoms with Gasteiger partial charge in [0.1, 0.15) is 11.5 Å². The van der Waals surface area contributed by atoms with Crippen molar-refractivity contribution in [3.8, 4) is 16.9 Å². The molecule has 2 aromatic heterocycles. The maximum Gasteiger partial charge on any atom is 0.216 e. The van der Waals surface area contributed by atoms with Gasteiger partial charge in [-0.3, -0.25) is 9.69 Å². The maximum absolute atomic E-state index is 14.5. The van der Waals surface area contributed by atoms with E-state index < -0.39 is 0 Å². The number of nitrogens with zero attached hydrogens (tertiary/aromatic N) is 3. The Bertz CT molecular complexity index is 1070. The molecule has 5 nitrogen and oxygen atoms in total. The summed E-state index contributed by atoms with van der Waals surface area (Å²) in [6.45, 7) is 9.21. The second-order valence-corrected chi connectivity index (χ2v) is 9.87. The van der Waals surface area contributed by atoms with Crippen molar-refractivity contribution in [3.63, 3.8) is 0 Å². The van der Waals surface area contributed by atoms with Gasteiger partial charge in [-0.25, -0.2) is 9.07 Å². The van der Waals surface area contributed by atoms with E-state index in [0.29, 0.717) is 11.6 Å². The number of hydrogen-bond acceptors (Lipinski definition) is 4. The molecule has 1 fully saturated rings. The van der Waals surface area contributed by atoms with Gasteiger partial charge in [0.15, 0.2) is 0 Å². The number of nitrogens with one attached hydrogen (secondary N) is 1. The lowest BCUT2D eigenvalue weighted by atomic mass is 9.97. The van der Waals surface area contributed by atoms with Crippen molar-refractivity contribution in [1.82, 2.24) is 20.0 Å². The SMILES string of the molecule is CC(=O)NC[C@@H]1CCCN(Cc2cn(-c3ccccc3F)nc2-c2cc(C)sc2C)C1. The Morgan fingerprint density at radius 3 is 2.84 bits per heavy atom. The van der Waals surface area contributed by atoms with Crippen molar-refractivity contribution < 1.29 is 9.18 Å². The molecule has 4 rings (SSSR count). The molecule has 1 aliphatic rings. The Morgan fingerprint density at radius 2 is 2.13 bits per heavy atom. The fourth-order valence-electron chi connectivity index (χ4n) is 4.37. The first-order valence-electron chi connectivity index (χ1n) is 10.8. The molecule has 3 aromatic rings. The number of piperidine rings is 1. The Morgan fingerprint density at radius 1 is 1.32 bits per heavy atom. The summed E-state index contributed by atoms with van der Waals surface area (Å²) in [4.78, 5) is 16.2. The van der Waals surface area contributed by atoms with Crippen LogP contribution >= 0.6 is 11.3 Å². The number of carbonyl (C=O) groups is 1. The Labute approximate surface area is 186 Å². The summed E-state index contributed by atoms with van der Waals surface area (Å²) in [6.07, 6.45) is 4.20. The predicted molar refractivity (Wildman–Crippen MR) is 123 cm³/mol. The average Bonchev–Trinajstić information content (AvgIpc) is 3.29. The molecule has 1 amide bonds. The van der Waals surface area contributed by atoms with E-state index in [1.807, 2.05) is 12.3 Å². The zero-order chi connectivity index (χ0) is 22.0. The molecule has 0 spiro atoms. The number of thiophene rings is 1. The lowest BCUT2D eigenvalue weighted by Crippen LogP contribution is -2.40. The minimum atomic E-state index is -0.283. The molecule has 1 saturated heterocycles. The van der Waals surface area contributed by atoms with Gasteiger partial charge < -0.3 is 5.32 Å². The van der Waals surface area contributed by atoms with Crippen LogP contribution in [0.4, 0.5) is 4.39 Å². The van der Waals surface area contributed by atoms with E-state index in [0.717, 1.165) is 55.8 Å². The third-order valence-corrected chi connectivity index (χ3v) is 6.79. The van der Waals surface area contributed by atoms with E-state index in [1.165, 1.54) is 15.8 Å². The first kappa shape index (κ1) is 21.7. The predicted octanol–water partition coefficient (Wildman–Crippen LogP) is 4.70. The van der Waals surface area contributed by atoms with Gasteiger partial charge in [0, 0.05) is 53.6 Å². The van der Waals surface area contributed by atoms with Crippen molar-refractivity contribution in [1.29, 1.82) is 0 Å². The summed E-state index contributed by atoms with van der Waals surface area (Å²) < 4.78 is 16.1. The fraction of sp³-hybridized carbons (Fsp3) is 0.417. The van der Waals surface area contributed by atoms with Crippen LogP contribution in [0.15, 0.2) is 36.5 Å². The van der Waals surface area contributed by atoms with Crippen molar-refractivity contribution in [3.05, 3.63) is 57.7 Å². The molecular formula is C24H29FN4OS. The van der Waals surface area contributed by atoms with Crippen LogP contribution in [-0.2, 0) is 11.3 Å². The molecule has 31 heavy (non-hydrogen) atoms. The highest BCUT2D eigenvalue weighted by molar-refractivity contribution is 7.12. The zero-order valence-corrected chi connectivity index (χ0v) is 19.1. The fourth-order valence-corrected chi connectivity index (χ4v) is 5.29. The number of hydrogen-bond donors (Lipinski definition) is 1. The van der Waals surface area contributed by atoms with Crippen LogP contribution in [-0.4, -0.2) is 40.2 Å². The van der Waals surface area contributed by atoms with Crippen LogP contribution in [0, 0.1) is 25.6 Å². The molecular weight excluding hydrogens is 411 g/mol. The van der Waals surface area contributed by atoms with Gasteiger partial charge >= 0.3 is 0 Å². The first-order chi connectivity index (χ1) is 14.9. The molecule has 1 atom stereocenters. The number of aryl methyl sites for hydroxylation is 2. The molecule has 0 unspecified atom stereocenters. The third-order valence-electron chi connectivity index (χ3n) is 5.82. The van der Waals surface area contributed by atoms with Crippen LogP contribution in [0.1, 0.15) is 35.1 Å². The number of aromatic nitrogens is 2. The van der Waals surface area contributed by atoms with Crippen molar-refractivity contribution in [2.45, 2.75) is 40.2 Å². The molecule has 0 aliphatic carbocycles. The van der Waals surface area contributed by atoms with Crippen molar-refractivity contribution in [2.75, 3.05) is 19.6 Å². The highest BCUT2D eigenvalue weighted by Crippen LogP contribution is 2.33. The van der Waals surface area contributed by atoms with E-state index >= 15 is 0 Å². The third kappa shape index (κ3) is 5.05. The monoisotopic (exact) mass is 440 g/mol. The number of amides is 1. The Kier molecular flexibility index (Phi) is 6.53. The molecule has 0 saturated carbocycles. The lowest BCUT2D eigenvalue weighted by molar-refractivity contribution is -0.119. The normalized spacial score (nSPS) is 17.1. The highest BCUT2D eigenvalue weighted by Gasteiger charge is 2.23. The van der Waals surface area contributed by atoms with Gasteiger partial charge in [-0.05, 0) is 57.4 Å². The van der Waals surface area contributed by atoms with Gasteiger partial charge in [0.25, 0.3) is 0 Å². The lowest BCUT2D eigenvalue weighted by Gasteiger charge is -2.32. The summed E-state index contributed by atoms with van der Waals surface area (Å²) in [5.74, 6) is 0.191. The van der Waals surface area contributed by atoms with Crippen molar-refractivity contribution in [2.24, 2.45) is 5.92 Å². The van der Waals surface area contributed by atoms with Gasteiger partial charge in [-0.1, -0.05) is 12.1 Å². The van der Waals surface area contributed by atoms with Gasteiger partial charge in [-0.2, -0.15) is 5.10 Å². The van der Waals surface area contributed by atoms with Crippen LogP contribution in [0.3, 0.4) is 0 Å². The highest BCUT2D eigenvalue weighted by atomic mass is 32.1. The maximum atomic E-state index is 14.5. The zero-order valence-electron chi connectivity index (χ0n) is 18.3. The summed E-state index contributed by atoms with van der Waals surface area (Å²) in [5, 5.41) is 7.79. The average molecular weight is 441 g/mol. The molecule has 1 N–H and O–H groups in total. The molecule has 3 heterocycles. The van der Waals surface area contributed by atoms with Crippen molar-refractivity contribution >= 4 is 17.2 Å². The quantitative estimate of drug-likeness (QED) is 0.604. The molecule has 0 bridgehead atoms. The van der Waals surface area contributed by atoms with E-state index in [-0.39, 0.29) is 11.7 Å². The summed E-state index contributed by atoms with van der Waals surface area (Å²) in [5.41, 5.74) is 3.61. The summed E-state index contributed by atoms with van der Waals surface area (Å²) >= 11 is 1.76. The number of halogens is 1. The van der Waals surface area contributed by atoms with Crippen LogP contribution in [0.5, 0.6) is 0 Å². The number of para-hydroxylation sites is 1. The second-order valence-electron chi connectivity index (χ2n) is 8.41. The van der Waals surface area contributed by atoms with E-state index in [9.17, 15) is 9.18 Å². The number of likely N-dealkylation sites (tertiary alicyclic amines) is 1. The van der Waals surface area contributed by atoms with Gasteiger partial charge in [0.05, 0.1) is 5.69 Å². The molecule has 1 aromatic carbocycles. The van der Waals surface area contributed by atoms with E-state index in [2.05, 4.69) is 30.1 Å². The van der Waals surface area contributed by atoms with Gasteiger partial charge in [0.2, 0.25) is 5.91 Å². The van der Waals surface area contributed by atoms with E-state index in [4.69, 9.17) is 5.10 Å². The minimum Gasteiger partial charge on any atom is -0.356 e. The topological polar surface area (TPSA) is 50.2 Å². The second kappa shape index (κ2) is 9.32.